The lowest BCUT2D eigenvalue weighted by Gasteiger charge is -2.25. The molecule has 3 saturated heterocycles. The van der Waals surface area contributed by atoms with Crippen molar-refractivity contribution in [1.82, 2.24) is 29.1 Å². The van der Waals surface area contributed by atoms with E-state index in [1.165, 1.54) is 10.9 Å². The van der Waals surface area contributed by atoms with E-state index in [2.05, 4.69) is 19.8 Å². The monoisotopic (exact) mass is 652 g/mol. The summed E-state index contributed by atoms with van der Waals surface area (Å²) in [5.74, 6) is 0.0241. The second-order valence-corrected chi connectivity index (χ2v) is 11.7. The zero-order valence-corrected chi connectivity index (χ0v) is 23.5. The Labute approximate surface area is 238 Å². The third-order valence-electron chi connectivity index (χ3n) is 6.68. The molecule has 232 valence electrons. The number of fused-ring (bicyclic) bond motifs is 4. The number of nitrogens with zero attached hydrogens (tertiary/aromatic N) is 5. The van der Waals surface area contributed by atoms with Crippen LogP contribution in [-0.2, 0) is 46.3 Å². The van der Waals surface area contributed by atoms with Crippen LogP contribution in [0, 0.1) is 0 Å². The van der Waals surface area contributed by atoms with Crippen LogP contribution in [0.25, 0.3) is 11.2 Å². The molecule has 19 nitrogen and oxygen atoms in total. The molecule has 2 bridgehead atoms. The van der Waals surface area contributed by atoms with E-state index >= 15 is 8.78 Å². The topological polar surface area (TPSA) is 232 Å². The number of halogens is 2. The Morgan fingerprint density at radius 3 is 2.65 bits per heavy atom. The molecule has 43 heavy (non-hydrogen) atoms. The smallest absolute Gasteiger partial charge is 0.382 e. The number of imidazole rings is 1. The molecule has 3 fully saturated rings. The van der Waals surface area contributed by atoms with Crippen molar-refractivity contribution in [2.45, 2.75) is 49.2 Å². The maximum Gasteiger partial charge on any atom is 0.697 e. The largest absolute Gasteiger partial charge is 0.697 e. The van der Waals surface area contributed by atoms with Gasteiger partial charge in [0.1, 0.15) is 36.8 Å². The number of anilines is 1. The molecule has 0 amide bonds. The maximum atomic E-state index is 15.8. The van der Waals surface area contributed by atoms with E-state index < -0.39 is 89.8 Å². The van der Waals surface area contributed by atoms with Crippen LogP contribution >= 0.6 is 16.1 Å². The third-order valence-corrected chi connectivity index (χ3v) is 8.76. The van der Waals surface area contributed by atoms with Crippen molar-refractivity contribution in [3.05, 3.63) is 45.8 Å². The Bertz CT molecular complexity index is 1690. The summed E-state index contributed by atoms with van der Waals surface area (Å²) < 4.78 is 97.0. The highest BCUT2D eigenvalue weighted by Gasteiger charge is 2.56. The van der Waals surface area contributed by atoms with Crippen molar-refractivity contribution in [2.75, 3.05) is 26.1 Å². The van der Waals surface area contributed by atoms with Crippen LogP contribution in [0.4, 0.5) is 14.6 Å². The number of hydrogen-bond acceptors (Lipinski definition) is 16. The minimum atomic E-state index is -4.91. The Balaban J connectivity index is 1.32. The van der Waals surface area contributed by atoms with Gasteiger partial charge in [0.05, 0.1) is 20.0 Å². The van der Waals surface area contributed by atoms with Crippen molar-refractivity contribution < 1.29 is 55.0 Å². The third kappa shape index (κ3) is 5.64. The number of phosphoric ester groups is 1. The first-order chi connectivity index (χ1) is 20.6. The number of aromatic amines is 1. The maximum absolute atomic E-state index is 15.8. The second kappa shape index (κ2) is 11.8. The fourth-order valence-electron chi connectivity index (χ4n) is 4.77. The lowest BCUT2D eigenvalue weighted by Crippen LogP contribution is -2.38. The number of hydrogen-bond donors (Lipinski definition) is 2. The number of phosphoric acid groups is 1. The summed E-state index contributed by atoms with van der Waals surface area (Å²) in [4.78, 5) is 42.4. The van der Waals surface area contributed by atoms with Crippen LogP contribution in [0.3, 0.4) is 0 Å². The molecule has 3 aliphatic heterocycles. The highest BCUT2D eigenvalue weighted by Crippen LogP contribution is 2.55. The number of nitrogens with one attached hydrogen (secondary N) is 1. The Morgan fingerprint density at radius 2 is 1.88 bits per heavy atom. The highest BCUT2D eigenvalue weighted by molar-refractivity contribution is 7.48. The molecule has 0 radical (unpaired) electrons. The van der Waals surface area contributed by atoms with Crippen LogP contribution < -0.4 is 17.0 Å². The number of nitrogen functional groups attached to an aromatic ring is 1. The average molecular weight is 652 g/mol. The Morgan fingerprint density at radius 1 is 1.09 bits per heavy atom. The number of H-pyrrole nitrogens is 1. The van der Waals surface area contributed by atoms with Gasteiger partial charge in [0.15, 0.2) is 42.4 Å². The molecule has 2 unspecified atom stereocenters. The molecule has 6 rings (SSSR count). The summed E-state index contributed by atoms with van der Waals surface area (Å²) in [5.41, 5.74) is 4.31. The van der Waals surface area contributed by atoms with Crippen LogP contribution in [-0.4, -0.2) is 86.2 Å². The molecule has 0 spiro atoms. The van der Waals surface area contributed by atoms with E-state index in [-0.39, 0.29) is 17.0 Å². The zero-order valence-electron chi connectivity index (χ0n) is 21.7. The molecular formula is C20H22F2N7O12P2+. The Hall–Kier alpha value is -3.10. The summed E-state index contributed by atoms with van der Waals surface area (Å²) in [7, 11) is -7.09. The number of ether oxygens (including phenoxy) is 2. The molecule has 3 aromatic rings. The molecular weight excluding hydrogens is 630 g/mol. The minimum absolute atomic E-state index is 0.0241. The summed E-state index contributed by atoms with van der Waals surface area (Å²) in [6.45, 7) is -1.55. The van der Waals surface area contributed by atoms with E-state index in [1.807, 2.05) is 4.98 Å². The first-order valence-corrected chi connectivity index (χ1v) is 14.9. The van der Waals surface area contributed by atoms with E-state index in [4.69, 9.17) is 38.0 Å². The second-order valence-electron chi connectivity index (χ2n) is 9.26. The minimum Gasteiger partial charge on any atom is -0.382 e. The highest BCUT2D eigenvalue weighted by atomic mass is 31.2. The lowest BCUT2D eigenvalue weighted by molar-refractivity contribution is -0.208. The van der Waals surface area contributed by atoms with Crippen LogP contribution in [0.2, 0.25) is 0 Å². The van der Waals surface area contributed by atoms with Crippen LogP contribution in [0.15, 0.2) is 34.5 Å². The molecule has 3 N–H and O–H groups in total. The van der Waals surface area contributed by atoms with Crippen LogP contribution in [0.5, 0.6) is 0 Å². The first kappa shape index (κ1) is 29.9. The van der Waals surface area contributed by atoms with Gasteiger partial charge in [-0.15, -0.1) is 13.7 Å². The number of nitrogens with two attached hydrogens (primary N) is 1. The van der Waals surface area contributed by atoms with Crippen molar-refractivity contribution >= 4 is 33.1 Å². The van der Waals surface area contributed by atoms with E-state index in [9.17, 15) is 18.7 Å². The van der Waals surface area contributed by atoms with Gasteiger partial charge in [0.25, 0.3) is 5.56 Å². The number of rotatable bonds is 4. The van der Waals surface area contributed by atoms with Crippen molar-refractivity contribution in [3.8, 4) is 0 Å². The number of alkyl halides is 2. The summed E-state index contributed by atoms with van der Waals surface area (Å²) in [6.07, 6.45) is -10.6. The SMILES string of the molecule is COOP1(=O)OC[C@H]2O[C@@H](n3cnc4c(N)ncnc43)[C@H](F)[C@@H]2O[P+](=O)OC[C@H]2O[C@@H](n3ccc(=O)[nH]c3=O)[C@H](O1)[C@@H]2F. The standard InChI is InChI=1S/C20H21F2N7O12P2/c1-34-41-43(33)36-5-9-14(12(22)18(38-9)29-7-26-13-16(23)24-6-25-17(13)29)39-42(32)35-4-8-11(21)15(40-43)19(37-8)28-3-2-10(30)27-20(28)31/h2-3,6-9,11-12,14-15,18-19H,4-5H2,1H3,(H2-,23,24,25,27,30,31)/p+1/t8-,9-,11-,12-,14-,15-,18-,19-,43?/m1/s1. The predicted molar refractivity (Wildman–Crippen MR) is 134 cm³/mol. The molecule has 0 aromatic carbocycles. The quantitative estimate of drug-likeness (QED) is 0.223. The number of aromatic nitrogens is 6. The molecule has 10 atom stereocenters. The van der Waals surface area contributed by atoms with Crippen LogP contribution in [0.1, 0.15) is 12.5 Å². The van der Waals surface area contributed by atoms with Gasteiger partial charge in [-0.3, -0.25) is 28.0 Å². The predicted octanol–water partition coefficient (Wildman–Crippen LogP) is 0.590. The van der Waals surface area contributed by atoms with E-state index in [1.54, 1.807) is 0 Å². The van der Waals surface area contributed by atoms with Gasteiger partial charge in [0, 0.05) is 16.8 Å². The normalized spacial score (nSPS) is 36.1. The molecule has 0 saturated carbocycles. The van der Waals surface area contributed by atoms with Gasteiger partial charge in [-0.25, -0.2) is 38.0 Å². The molecule has 0 aliphatic carbocycles. The van der Waals surface area contributed by atoms with Crippen molar-refractivity contribution in [2.24, 2.45) is 0 Å². The van der Waals surface area contributed by atoms with Gasteiger partial charge in [-0.05, 0) is 0 Å². The fourth-order valence-corrected chi connectivity index (χ4v) is 6.72. The van der Waals surface area contributed by atoms with Crippen molar-refractivity contribution in [3.63, 3.8) is 0 Å². The Kier molecular flexibility index (Phi) is 8.20. The van der Waals surface area contributed by atoms with E-state index in [0.717, 1.165) is 30.3 Å². The van der Waals surface area contributed by atoms with Gasteiger partial charge in [-0.2, -0.15) is 0 Å². The summed E-state index contributed by atoms with van der Waals surface area (Å²) >= 11 is 0. The van der Waals surface area contributed by atoms with Gasteiger partial charge >= 0.3 is 21.8 Å². The lowest BCUT2D eigenvalue weighted by atomic mass is 10.1. The molecule has 6 heterocycles. The van der Waals surface area contributed by atoms with Crippen molar-refractivity contribution in [1.29, 1.82) is 0 Å². The fraction of sp³-hybridized carbons (Fsp3) is 0.550. The molecule has 23 heteroatoms. The molecule has 3 aromatic heterocycles. The molecule has 3 aliphatic rings. The van der Waals surface area contributed by atoms with Gasteiger partial charge in [0.2, 0.25) is 0 Å². The van der Waals surface area contributed by atoms with Gasteiger partial charge < -0.3 is 15.2 Å². The summed E-state index contributed by atoms with van der Waals surface area (Å²) in [6, 6.07) is 0.953. The van der Waals surface area contributed by atoms with Gasteiger partial charge in [-0.1, -0.05) is 0 Å². The average Bonchev–Trinajstić information content (AvgIpc) is 3.61. The van der Waals surface area contributed by atoms with E-state index in [0.29, 0.717) is 0 Å². The zero-order chi connectivity index (χ0) is 30.5. The first-order valence-electron chi connectivity index (χ1n) is 12.3. The summed E-state index contributed by atoms with van der Waals surface area (Å²) in [5, 5.41) is 0.